The zero-order valence-corrected chi connectivity index (χ0v) is 13.3. The summed E-state index contributed by atoms with van der Waals surface area (Å²) in [5, 5.41) is 3.42. The van der Waals surface area contributed by atoms with Gasteiger partial charge in [-0.05, 0) is 41.5 Å². The number of rotatable bonds is 5. The molecule has 1 N–H and O–H groups in total. The molecule has 1 heterocycles. The van der Waals surface area contributed by atoms with E-state index in [0.717, 1.165) is 40.4 Å². The number of methoxy groups -OCH3 is 1. The topological polar surface area (TPSA) is 39.7 Å². The average Bonchev–Trinajstić information content (AvgIpc) is 2.97. The number of ether oxygens (including phenoxy) is 3. The van der Waals surface area contributed by atoms with Gasteiger partial charge in [-0.2, -0.15) is 0 Å². The van der Waals surface area contributed by atoms with Crippen LogP contribution in [0, 0.1) is 0 Å². The van der Waals surface area contributed by atoms with Crippen LogP contribution in [0.2, 0.25) is 0 Å². The van der Waals surface area contributed by atoms with Gasteiger partial charge in [-0.1, -0.05) is 22.0 Å². The second kappa shape index (κ2) is 6.37. The number of hydrogen-bond donors (Lipinski definition) is 1. The third-order valence-electron chi connectivity index (χ3n) is 3.33. The van der Waals surface area contributed by atoms with Crippen molar-refractivity contribution >= 4 is 15.9 Å². The Kier molecular flexibility index (Phi) is 4.31. The minimum absolute atomic E-state index is 0.309. The van der Waals surface area contributed by atoms with Crippen molar-refractivity contribution in [3.63, 3.8) is 0 Å². The van der Waals surface area contributed by atoms with Gasteiger partial charge in [0.25, 0.3) is 0 Å². The van der Waals surface area contributed by atoms with Crippen molar-refractivity contribution < 1.29 is 14.2 Å². The Bertz CT molecular complexity index is 645. The van der Waals surface area contributed by atoms with Crippen LogP contribution in [0.25, 0.3) is 0 Å². The van der Waals surface area contributed by atoms with Gasteiger partial charge in [0.1, 0.15) is 5.75 Å². The Morgan fingerprint density at radius 1 is 1.10 bits per heavy atom. The Morgan fingerprint density at radius 3 is 2.81 bits per heavy atom. The number of halogens is 1. The van der Waals surface area contributed by atoms with Crippen LogP contribution in [0.4, 0.5) is 0 Å². The maximum atomic E-state index is 5.38. The summed E-state index contributed by atoms with van der Waals surface area (Å²) < 4.78 is 17.0. The van der Waals surface area contributed by atoms with Crippen molar-refractivity contribution in [2.75, 3.05) is 13.9 Å². The van der Waals surface area contributed by atoms with Crippen molar-refractivity contribution in [3.05, 3.63) is 52.0 Å². The third kappa shape index (κ3) is 3.31. The monoisotopic (exact) mass is 349 g/mol. The first-order chi connectivity index (χ1) is 10.3. The molecule has 1 aliphatic rings. The lowest BCUT2D eigenvalue weighted by Gasteiger charge is -2.09. The predicted octanol–water partition coefficient (Wildman–Crippen LogP) is 3.48. The van der Waals surface area contributed by atoms with Gasteiger partial charge in [-0.15, -0.1) is 0 Å². The lowest BCUT2D eigenvalue weighted by atomic mass is 10.2. The van der Waals surface area contributed by atoms with E-state index >= 15 is 0 Å². The summed E-state index contributed by atoms with van der Waals surface area (Å²) in [6.07, 6.45) is 0. The first-order valence-corrected chi connectivity index (χ1v) is 7.47. The molecule has 0 aliphatic carbocycles. The zero-order valence-electron chi connectivity index (χ0n) is 11.7. The van der Waals surface area contributed by atoms with Gasteiger partial charge in [0.05, 0.1) is 7.11 Å². The van der Waals surface area contributed by atoms with Gasteiger partial charge < -0.3 is 19.5 Å². The van der Waals surface area contributed by atoms with E-state index in [9.17, 15) is 0 Å². The summed E-state index contributed by atoms with van der Waals surface area (Å²) in [4.78, 5) is 0. The second-order valence-corrected chi connectivity index (χ2v) is 5.60. The van der Waals surface area contributed by atoms with Crippen molar-refractivity contribution in [1.82, 2.24) is 5.32 Å². The van der Waals surface area contributed by atoms with E-state index in [1.165, 1.54) is 5.56 Å². The molecule has 1 aliphatic heterocycles. The largest absolute Gasteiger partial charge is 0.497 e. The normalized spacial score (nSPS) is 12.5. The van der Waals surface area contributed by atoms with Crippen LogP contribution >= 0.6 is 15.9 Å². The van der Waals surface area contributed by atoms with Crippen LogP contribution in [-0.4, -0.2) is 13.9 Å². The summed E-state index contributed by atoms with van der Waals surface area (Å²) >= 11 is 3.55. The fraction of sp³-hybridized carbons (Fsp3) is 0.250. The highest BCUT2D eigenvalue weighted by molar-refractivity contribution is 9.10. The zero-order chi connectivity index (χ0) is 14.7. The van der Waals surface area contributed by atoms with Crippen molar-refractivity contribution in [2.24, 2.45) is 0 Å². The molecule has 0 bridgehead atoms. The molecule has 21 heavy (non-hydrogen) atoms. The van der Waals surface area contributed by atoms with Crippen LogP contribution in [-0.2, 0) is 13.1 Å². The maximum Gasteiger partial charge on any atom is 0.231 e. The second-order valence-electron chi connectivity index (χ2n) is 4.75. The highest BCUT2D eigenvalue weighted by Crippen LogP contribution is 2.32. The van der Waals surface area contributed by atoms with E-state index in [2.05, 4.69) is 21.2 Å². The number of benzene rings is 2. The number of nitrogens with one attached hydrogen (secondary N) is 1. The molecule has 0 amide bonds. The van der Waals surface area contributed by atoms with Crippen LogP contribution in [0.1, 0.15) is 11.1 Å². The summed E-state index contributed by atoms with van der Waals surface area (Å²) in [5.41, 5.74) is 2.33. The number of hydrogen-bond acceptors (Lipinski definition) is 4. The molecule has 110 valence electrons. The molecule has 0 spiro atoms. The van der Waals surface area contributed by atoms with Crippen LogP contribution < -0.4 is 19.5 Å². The molecule has 0 unspecified atom stereocenters. The van der Waals surface area contributed by atoms with E-state index in [-0.39, 0.29) is 0 Å². The minimum atomic E-state index is 0.309. The highest BCUT2D eigenvalue weighted by Gasteiger charge is 2.12. The molecule has 0 fully saturated rings. The molecule has 0 atom stereocenters. The Morgan fingerprint density at radius 2 is 1.95 bits per heavy atom. The highest BCUT2D eigenvalue weighted by atomic mass is 79.9. The molecule has 0 saturated heterocycles. The molecule has 2 aromatic carbocycles. The summed E-state index contributed by atoms with van der Waals surface area (Å²) in [6, 6.07) is 12.0. The van der Waals surface area contributed by atoms with Gasteiger partial charge in [0, 0.05) is 17.6 Å². The molecule has 0 aromatic heterocycles. The van der Waals surface area contributed by atoms with Gasteiger partial charge in [0.2, 0.25) is 6.79 Å². The van der Waals surface area contributed by atoms with Crippen molar-refractivity contribution in [2.45, 2.75) is 13.1 Å². The van der Waals surface area contributed by atoms with Crippen LogP contribution in [0.5, 0.6) is 17.2 Å². The maximum absolute atomic E-state index is 5.38. The molecule has 3 rings (SSSR count). The van der Waals surface area contributed by atoms with Gasteiger partial charge >= 0.3 is 0 Å². The standard InChI is InChI=1S/C16H16BrNO3/c1-19-13-3-4-14(17)12(7-13)9-18-8-11-2-5-15-16(6-11)21-10-20-15/h2-7,18H,8-10H2,1H3. The summed E-state index contributed by atoms with van der Waals surface area (Å²) in [6.45, 7) is 1.83. The lowest BCUT2D eigenvalue weighted by Crippen LogP contribution is -2.13. The quantitative estimate of drug-likeness (QED) is 0.896. The third-order valence-corrected chi connectivity index (χ3v) is 4.11. The number of fused-ring (bicyclic) bond motifs is 1. The first kappa shape index (κ1) is 14.2. The van der Waals surface area contributed by atoms with E-state index in [1.54, 1.807) is 7.11 Å². The Balaban J connectivity index is 1.61. The molecular formula is C16H16BrNO3. The predicted molar refractivity (Wildman–Crippen MR) is 83.8 cm³/mol. The first-order valence-electron chi connectivity index (χ1n) is 6.68. The summed E-state index contributed by atoms with van der Waals surface area (Å²) in [7, 11) is 1.67. The fourth-order valence-corrected chi connectivity index (χ4v) is 2.59. The Labute approximate surface area is 132 Å². The SMILES string of the molecule is COc1ccc(Br)c(CNCc2ccc3c(c2)OCO3)c1. The van der Waals surface area contributed by atoms with E-state index < -0.39 is 0 Å². The van der Waals surface area contributed by atoms with E-state index in [0.29, 0.717) is 6.79 Å². The average molecular weight is 350 g/mol. The molecule has 5 heteroatoms. The smallest absolute Gasteiger partial charge is 0.231 e. The molecule has 4 nitrogen and oxygen atoms in total. The van der Waals surface area contributed by atoms with Crippen molar-refractivity contribution in [3.8, 4) is 17.2 Å². The molecule has 2 aromatic rings. The van der Waals surface area contributed by atoms with Crippen LogP contribution in [0.15, 0.2) is 40.9 Å². The molecule has 0 radical (unpaired) electrons. The van der Waals surface area contributed by atoms with Crippen LogP contribution in [0.3, 0.4) is 0 Å². The van der Waals surface area contributed by atoms with Gasteiger partial charge in [-0.3, -0.25) is 0 Å². The van der Waals surface area contributed by atoms with Gasteiger partial charge in [0.15, 0.2) is 11.5 Å². The Hall–Kier alpha value is -1.72. The molecule has 0 saturated carbocycles. The lowest BCUT2D eigenvalue weighted by molar-refractivity contribution is 0.174. The van der Waals surface area contributed by atoms with Crippen molar-refractivity contribution in [1.29, 1.82) is 0 Å². The van der Waals surface area contributed by atoms with Gasteiger partial charge in [-0.25, -0.2) is 0 Å². The summed E-state index contributed by atoms with van der Waals surface area (Å²) in [5.74, 6) is 2.49. The fourth-order valence-electron chi connectivity index (χ4n) is 2.21. The minimum Gasteiger partial charge on any atom is -0.497 e. The van der Waals surface area contributed by atoms with E-state index in [4.69, 9.17) is 14.2 Å². The van der Waals surface area contributed by atoms with E-state index in [1.807, 2.05) is 36.4 Å². The molecular weight excluding hydrogens is 334 g/mol.